The van der Waals surface area contributed by atoms with Crippen molar-refractivity contribution in [2.45, 2.75) is 303 Å². The first-order valence-electron chi connectivity index (χ1n) is 30.6. The number of allylic oxidation sites excluding steroid dienone is 14. The smallest absolute Gasteiger partial charge is 0.306 e. The second kappa shape index (κ2) is 60.1. The molecule has 0 amide bonds. The molecule has 0 aliphatic rings. The molecule has 0 N–H and O–H groups in total. The number of esters is 3. The second-order valence-corrected chi connectivity index (χ2v) is 20.2. The number of rotatable bonds is 55. The summed E-state index contributed by atoms with van der Waals surface area (Å²) in [6.45, 7) is 6.52. The highest BCUT2D eigenvalue weighted by atomic mass is 16.6. The van der Waals surface area contributed by atoms with Crippen molar-refractivity contribution >= 4 is 17.9 Å². The Morgan fingerprint density at radius 3 is 0.847 bits per heavy atom. The van der Waals surface area contributed by atoms with Gasteiger partial charge in [0, 0.05) is 19.3 Å². The maximum Gasteiger partial charge on any atom is 0.306 e. The van der Waals surface area contributed by atoms with Gasteiger partial charge in [-0.3, -0.25) is 14.4 Å². The van der Waals surface area contributed by atoms with Gasteiger partial charge >= 0.3 is 17.9 Å². The molecule has 0 radical (unpaired) electrons. The van der Waals surface area contributed by atoms with Gasteiger partial charge in [0.05, 0.1) is 0 Å². The van der Waals surface area contributed by atoms with Crippen molar-refractivity contribution in [3.05, 3.63) is 85.1 Å². The van der Waals surface area contributed by atoms with Gasteiger partial charge in [0.25, 0.3) is 0 Å². The first-order chi connectivity index (χ1) is 35.5. The van der Waals surface area contributed by atoms with E-state index in [1.807, 2.05) is 0 Å². The summed E-state index contributed by atoms with van der Waals surface area (Å²) in [6, 6.07) is 0. The third kappa shape index (κ3) is 57.5. The van der Waals surface area contributed by atoms with Crippen molar-refractivity contribution in [3.8, 4) is 0 Å². The average molecular weight is 1000 g/mol. The molecule has 0 rings (SSSR count). The van der Waals surface area contributed by atoms with E-state index in [1.54, 1.807) is 0 Å². The molecular weight excluding hydrogens is 889 g/mol. The van der Waals surface area contributed by atoms with Crippen LogP contribution in [-0.2, 0) is 28.6 Å². The van der Waals surface area contributed by atoms with Crippen LogP contribution in [-0.4, -0.2) is 37.2 Å². The first-order valence-corrected chi connectivity index (χ1v) is 30.6. The fourth-order valence-electron chi connectivity index (χ4n) is 8.60. The van der Waals surface area contributed by atoms with Crippen molar-refractivity contribution in [2.75, 3.05) is 13.2 Å². The Morgan fingerprint density at radius 1 is 0.292 bits per heavy atom. The van der Waals surface area contributed by atoms with Crippen molar-refractivity contribution < 1.29 is 28.6 Å². The Morgan fingerprint density at radius 2 is 0.542 bits per heavy atom. The minimum Gasteiger partial charge on any atom is -0.462 e. The lowest BCUT2D eigenvalue weighted by Gasteiger charge is -2.18. The lowest BCUT2D eigenvalue weighted by Crippen LogP contribution is -2.30. The van der Waals surface area contributed by atoms with E-state index in [2.05, 4.69) is 106 Å². The van der Waals surface area contributed by atoms with E-state index in [0.29, 0.717) is 19.3 Å². The normalized spacial score (nSPS) is 12.7. The van der Waals surface area contributed by atoms with Gasteiger partial charge in [-0.25, -0.2) is 0 Å². The molecule has 72 heavy (non-hydrogen) atoms. The molecule has 0 aromatic heterocycles. The summed E-state index contributed by atoms with van der Waals surface area (Å²) >= 11 is 0. The molecule has 1 unspecified atom stereocenters. The van der Waals surface area contributed by atoms with E-state index in [-0.39, 0.29) is 31.1 Å². The van der Waals surface area contributed by atoms with Crippen molar-refractivity contribution in [2.24, 2.45) is 0 Å². The monoisotopic (exact) mass is 1000 g/mol. The second-order valence-electron chi connectivity index (χ2n) is 20.2. The van der Waals surface area contributed by atoms with Crippen LogP contribution in [0.5, 0.6) is 0 Å². The first kappa shape index (κ1) is 68.6. The molecule has 0 aliphatic carbocycles. The van der Waals surface area contributed by atoms with Crippen LogP contribution in [0, 0.1) is 0 Å². The highest BCUT2D eigenvalue weighted by molar-refractivity contribution is 5.71. The van der Waals surface area contributed by atoms with Crippen molar-refractivity contribution in [3.63, 3.8) is 0 Å². The predicted octanol–water partition coefficient (Wildman–Crippen LogP) is 20.7. The predicted molar refractivity (Wildman–Crippen MR) is 311 cm³/mol. The highest BCUT2D eigenvalue weighted by Crippen LogP contribution is 2.16. The highest BCUT2D eigenvalue weighted by Gasteiger charge is 2.19. The van der Waals surface area contributed by atoms with Crippen molar-refractivity contribution in [1.82, 2.24) is 0 Å². The van der Waals surface area contributed by atoms with E-state index in [1.165, 1.54) is 154 Å². The number of hydrogen-bond donors (Lipinski definition) is 0. The molecule has 0 aromatic carbocycles. The SMILES string of the molecule is CC/C=C\C/C=C\C/C=C\C/C=C\C/C=C\C/C=C\C/C=C\CCCCCCCCCCCCCC(=O)OCC(COC(=O)CCCCCCCCCCC)OC(=O)CCCCCCCCCCCCCC. The van der Waals surface area contributed by atoms with Gasteiger partial charge in [0.15, 0.2) is 6.10 Å². The Labute approximate surface area is 445 Å². The number of hydrogen-bond acceptors (Lipinski definition) is 6. The van der Waals surface area contributed by atoms with Crippen LogP contribution in [0.15, 0.2) is 85.1 Å². The molecule has 6 nitrogen and oxygen atoms in total. The molecule has 414 valence electrons. The summed E-state index contributed by atoms with van der Waals surface area (Å²) in [5, 5.41) is 0. The fourth-order valence-corrected chi connectivity index (χ4v) is 8.60. The average Bonchev–Trinajstić information content (AvgIpc) is 3.38. The number of carbonyl (C=O) groups excluding carboxylic acids is 3. The number of unbranched alkanes of at least 4 members (excludes halogenated alkanes) is 30. The van der Waals surface area contributed by atoms with Crippen LogP contribution in [0.4, 0.5) is 0 Å². The summed E-state index contributed by atoms with van der Waals surface area (Å²) in [5.41, 5.74) is 0. The van der Waals surface area contributed by atoms with Gasteiger partial charge in [-0.1, -0.05) is 286 Å². The summed E-state index contributed by atoms with van der Waals surface area (Å²) in [6.07, 6.45) is 78.9. The molecule has 6 heteroatoms. The summed E-state index contributed by atoms with van der Waals surface area (Å²) in [7, 11) is 0. The standard InChI is InChI=1S/C66H114O6/c1-4-7-10-13-16-19-21-23-24-25-26-27-28-29-30-31-32-33-34-35-36-37-38-39-40-41-42-43-45-47-50-53-56-59-65(68)71-62-63(61-70-64(67)58-55-52-49-46-18-15-12-9-6-3)72-66(69)60-57-54-51-48-44-22-20-17-14-11-8-5-2/h7,10,16,19,23-24,26-27,29-30,32-33,35-36,63H,4-6,8-9,11-15,17-18,20-22,25,28,31,34,37-62H2,1-3H3/b10-7-,19-16-,24-23-,27-26-,30-29-,33-32-,36-35-. The molecule has 0 saturated carbocycles. The van der Waals surface area contributed by atoms with Crippen LogP contribution in [0.2, 0.25) is 0 Å². The third-order valence-corrected chi connectivity index (χ3v) is 13.2. The van der Waals surface area contributed by atoms with Crippen LogP contribution < -0.4 is 0 Å². The Balaban J connectivity index is 4.09. The van der Waals surface area contributed by atoms with Crippen LogP contribution >= 0.6 is 0 Å². The minimum absolute atomic E-state index is 0.0720. The Kier molecular flexibility index (Phi) is 57.3. The fraction of sp³-hybridized carbons (Fsp3) is 0.742. The molecule has 1 atom stereocenters. The van der Waals surface area contributed by atoms with Gasteiger partial charge in [-0.2, -0.15) is 0 Å². The maximum absolute atomic E-state index is 12.8. The summed E-state index contributed by atoms with van der Waals surface area (Å²) in [4.78, 5) is 38.0. The lowest BCUT2D eigenvalue weighted by atomic mass is 10.0. The van der Waals surface area contributed by atoms with Gasteiger partial charge in [-0.05, 0) is 77.0 Å². The van der Waals surface area contributed by atoms with E-state index in [0.717, 1.165) is 103 Å². The summed E-state index contributed by atoms with van der Waals surface area (Å²) < 4.78 is 16.8. The molecule has 0 fully saturated rings. The molecule has 0 spiro atoms. The van der Waals surface area contributed by atoms with Crippen LogP contribution in [0.25, 0.3) is 0 Å². The third-order valence-electron chi connectivity index (χ3n) is 13.2. The maximum atomic E-state index is 12.8. The number of carbonyl (C=O) groups is 3. The van der Waals surface area contributed by atoms with Gasteiger partial charge in [0.1, 0.15) is 13.2 Å². The minimum atomic E-state index is -0.771. The van der Waals surface area contributed by atoms with Crippen molar-refractivity contribution in [1.29, 1.82) is 0 Å². The van der Waals surface area contributed by atoms with E-state index < -0.39 is 6.10 Å². The lowest BCUT2D eigenvalue weighted by molar-refractivity contribution is -0.167. The molecule has 0 aromatic rings. The largest absolute Gasteiger partial charge is 0.462 e. The van der Waals surface area contributed by atoms with E-state index >= 15 is 0 Å². The van der Waals surface area contributed by atoms with E-state index in [4.69, 9.17) is 14.2 Å². The summed E-state index contributed by atoms with van der Waals surface area (Å²) in [5.74, 6) is -0.869. The topological polar surface area (TPSA) is 78.9 Å². The molecule has 0 heterocycles. The van der Waals surface area contributed by atoms with Gasteiger partial charge in [0.2, 0.25) is 0 Å². The molecule has 0 aliphatic heterocycles. The quantitative estimate of drug-likeness (QED) is 0.0261. The number of ether oxygens (including phenoxy) is 3. The van der Waals surface area contributed by atoms with Gasteiger partial charge in [-0.15, -0.1) is 0 Å². The van der Waals surface area contributed by atoms with Gasteiger partial charge < -0.3 is 14.2 Å². The zero-order valence-electron chi connectivity index (χ0n) is 47.4. The molecular formula is C66H114O6. The van der Waals surface area contributed by atoms with Crippen LogP contribution in [0.3, 0.4) is 0 Å². The molecule has 0 bridgehead atoms. The molecule has 0 saturated heterocycles. The van der Waals surface area contributed by atoms with E-state index in [9.17, 15) is 14.4 Å². The zero-order valence-corrected chi connectivity index (χ0v) is 47.4. The van der Waals surface area contributed by atoms with Crippen LogP contribution in [0.1, 0.15) is 297 Å². The Hall–Kier alpha value is -3.41. The Bertz CT molecular complexity index is 1380. The zero-order chi connectivity index (χ0) is 52.2.